The summed E-state index contributed by atoms with van der Waals surface area (Å²) >= 11 is 6.17. The molecule has 2 aromatic rings. The van der Waals surface area contributed by atoms with E-state index >= 15 is 0 Å². The van der Waals surface area contributed by atoms with E-state index in [1.807, 2.05) is 12.1 Å². The van der Waals surface area contributed by atoms with Crippen LogP contribution >= 0.6 is 11.6 Å². The lowest BCUT2D eigenvalue weighted by atomic mass is 9.92. The molecule has 1 aliphatic carbocycles. The minimum Gasteiger partial charge on any atom is -0.366 e. The number of hydrogen-bond donors (Lipinski definition) is 1. The zero-order valence-corrected chi connectivity index (χ0v) is 18.2. The van der Waals surface area contributed by atoms with Gasteiger partial charge in [0.2, 0.25) is 0 Å². The third-order valence-corrected chi connectivity index (χ3v) is 6.56. The first-order valence-electron chi connectivity index (χ1n) is 10.5. The molecule has 0 spiro atoms. The van der Waals surface area contributed by atoms with Crippen molar-refractivity contribution in [2.75, 3.05) is 25.0 Å². The molecular weight excluding hydrogens is 387 g/mol. The van der Waals surface area contributed by atoms with E-state index in [-0.39, 0.29) is 5.82 Å². The van der Waals surface area contributed by atoms with Gasteiger partial charge in [0, 0.05) is 24.7 Å². The lowest BCUT2D eigenvalue weighted by Crippen LogP contribution is -2.28. The number of fused-ring (bicyclic) bond motifs is 1. The molecule has 156 valence electrons. The first-order valence-corrected chi connectivity index (χ1v) is 10.9. The Bertz CT molecular complexity index is 835. The van der Waals surface area contributed by atoms with Crippen LogP contribution < -0.4 is 5.32 Å². The second-order valence-corrected chi connectivity index (χ2v) is 10.2. The van der Waals surface area contributed by atoms with Gasteiger partial charge in [0.15, 0.2) is 0 Å². The van der Waals surface area contributed by atoms with E-state index in [0.717, 1.165) is 17.7 Å². The number of anilines is 1. The van der Waals surface area contributed by atoms with Crippen molar-refractivity contribution in [3.05, 3.63) is 41.2 Å². The Kier molecular flexibility index (Phi) is 5.80. The molecule has 0 amide bonds. The molecule has 1 aromatic heterocycles. The number of nitrogens with one attached hydrogen (secondary N) is 1. The minimum absolute atomic E-state index is 0.331. The predicted molar refractivity (Wildman–Crippen MR) is 117 cm³/mol. The SMILES string of the molecule is CC(C)(C)CCN1C[C@H]2C[C@H](Nc3ccc(-c4cc(F)ccc4Cl)nn3)C[C@H]2C1. The zero-order valence-electron chi connectivity index (χ0n) is 17.5. The third kappa shape index (κ3) is 5.07. The van der Waals surface area contributed by atoms with Gasteiger partial charge in [-0.3, -0.25) is 0 Å². The smallest absolute Gasteiger partial charge is 0.148 e. The van der Waals surface area contributed by atoms with E-state index < -0.39 is 0 Å². The molecule has 0 radical (unpaired) electrons. The highest BCUT2D eigenvalue weighted by atomic mass is 35.5. The molecule has 3 atom stereocenters. The highest BCUT2D eigenvalue weighted by Crippen LogP contribution is 2.39. The fraction of sp³-hybridized carbons (Fsp3) is 0.565. The number of likely N-dealkylation sites (tertiary alicyclic amines) is 1. The minimum atomic E-state index is -0.331. The zero-order chi connectivity index (χ0) is 20.6. The summed E-state index contributed by atoms with van der Waals surface area (Å²) in [5.41, 5.74) is 1.55. The Morgan fingerprint density at radius 3 is 2.45 bits per heavy atom. The van der Waals surface area contributed by atoms with Gasteiger partial charge in [0.25, 0.3) is 0 Å². The summed E-state index contributed by atoms with van der Waals surface area (Å²) in [5, 5.41) is 12.6. The van der Waals surface area contributed by atoms with Crippen molar-refractivity contribution in [3.8, 4) is 11.3 Å². The van der Waals surface area contributed by atoms with Crippen LogP contribution in [0.1, 0.15) is 40.0 Å². The Labute approximate surface area is 177 Å². The fourth-order valence-electron chi connectivity index (χ4n) is 4.65. The van der Waals surface area contributed by atoms with E-state index in [1.54, 1.807) is 6.07 Å². The Hall–Kier alpha value is -1.72. The maximum absolute atomic E-state index is 13.5. The molecular formula is C23H30ClFN4. The summed E-state index contributed by atoms with van der Waals surface area (Å²) in [4.78, 5) is 2.65. The molecule has 1 N–H and O–H groups in total. The highest BCUT2D eigenvalue weighted by molar-refractivity contribution is 6.33. The number of benzene rings is 1. The second-order valence-electron chi connectivity index (χ2n) is 9.83. The van der Waals surface area contributed by atoms with Crippen molar-refractivity contribution in [1.82, 2.24) is 15.1 Å². The highest BCUT2D eigenvalue weighted by Gasteiger charge is 2.40. The maximum atomic E-state index is 13.5. The summed E-state index contributed by atoms with van der Waals surface area (Å²) < 4.78 is 13.5. The molecule has 0 unspecified atom stereocenters. The van der Waals surface area contributed by atoms with Crippen molar-refractivity contribution in [2.24, 2.45) is 17.3 Å². The van der Waals surface area contributed by atoms with Crippen LogP contribution in [0.2, 0.25) is 5.02 Å². The summed E-state index contributed by atoms with van der Waals surface area (Å²) in [6, 6.07) is 8.49. The number of halogens is 2. The number of hydrogen-bond acceptors (Lipinski definition) is 4. The Morgan fingerprint density at radius 1 is 1.10 bits per heavy atom. The largest absolute Gasteiger partial charge is 0.366 e. The van der Waals surface area contributed by atoms with E-state index in [0.29, 0.717) is 27.7 Å². The molecule has 1 saturated carbocycles. The molecule has 0 bridgehead atoms. The average Bonchev–Trinajstić information content (AvgIpc) is 3.20. The maximum Gasteiger partial charge on any atom is 0.148 e. The molecule has 2 fully saturated rings. The monoisotopic (exact) mass is 416 g/mol. The summed E-state index contributed by atoms with van der Waals surface area (Å²) in [7, 11) is 0. The van der Waals surface area contributed by atoms with E-state index in [1.165, 1.54) is 51.0 Å². The lowest BCUT2D eigenvalue weighted by Gasteiger charge is -2.24. The molecule has 6 heteroatoms. The Morgan fingerprint density at radius 2 is 1.83 bits per heavy atom. The summed E-state index contributed by atoms with van der Waals surface area (Å²) in [6.07, 6.45) is 3.64. The summed E-state index contributed by atoms with van der Waals surface area (Å²) in [5.74, 6) is 2.01. The second kappa shape index (κ2) is 8.19. The van der Waals surface area contributed by atoms with Crippen LogP contribution in [-0.2, 0) is 0 Å². The Balaban J connectivity index is 1.31. The van der Waals surface area contributed by atoms with Gasteiger partial charge in [0.05, 0.1) is 10.7 Å². The lowest BCUT2D eigenvalue weighted by molar-refractivity contribution is 0.250. The molecule has 1 aliphatic heterocycles. The van der Waals surface area contributed by atoms with E-state index in [9.17, 15) is 4.39 Å². The molecule has 1 saturated heterocycles. The molecule has 1 aromatic carbocycles. The first-order chi connectivity index (χ1) is 13.8. The van der Waals surface area contributed by atoms with Crippen LogP contribution in [0.15, 0.2) is 30.3 Å². The van der Waals surface area contributed by atoms with Crippen molar-refractivity contribution in [3.63, 3.8) is 0 Å². The number of aromatic nitrogens is 2. The van der Waals surface area contributed by atoms with Crippen LogP contribution in [0.5, 0.6) is 0 Å². The molecule has 29 heavy (non-hydrogen) atoms. The predicted octanol–water partition coefficient (Wildman–Crippen LogP) is 5.49. The van der Waals surface area contributed by atoms with Crippen LogP contribution in [0.3, 0.4) is 0 Å². The fourth-order valence-corrected chi connectivity index (χ4v) is 4.86. The van der Waals surface area contributed by atoms with E-state index in [2.05, 4.69) is 41.2 Å². The standard InChI is InChI=1S/C23H30ClFN4/c1-23(2,3)8-9-29-13-15-10-18(11-16(15)14-29)26-22-7-6-21(27-28-22)19-12-17(25)4-5-20(19)24/h4-7,12,15-16,18H,8-11,13-14H2,1-3H3,(H,26,28)/t15-,16+,18+. The van der Waals surface area contributed by atoms with Gasteiger partial charge in [-0.15, -0.1) is 10.2 Å². The van der Waals surface area contributed by atoms with Crippen LogP contribution in [0.25, 0.3) is 11.3 Å². The van der Waals surface area contributed by atoms with Crippen molar-refractivity contribution in [2.45, 2.75) is 46.1 Å². The first kappa shape index (κ1) is 20.5. The summed E-state index contributed by atoms with van der Waals surface area (Å²) in [6.45, 7) is 10.6. The van der Waals surface area contributed by atoms with Crippen molar-refractivity contribution < 1.29 is 4.39 Å². The van der Waals surface area contributed by atoms with Gasteiger partial charge >= 0.3 is 0 Å². The topological polar surface area (TPSA) is 41.0 Å². The molecule has 4 nitrogen and oxygen atoms in total. The number of rotatable bonds is 5. The van der Waals surface area contributed by atoms with Gasteiger partial charge in [-0.25, -0.2) is 4.39 Å². The number of nitrogens with zero attached hydrogens (tertiary/aromatic N) is 3. The van der Waals surface area contributed by atoms with Gasteiger partial charge in [-0.1, -0.05) is 32.4 Å². The average molecular weight is 417 g/mol. The normalized spacial score (nSPS) is 24.7. The van der Waals surface area contributed by atoms with Crippen molar-refractivity contribution >= 4 is 17.4 Å². The van der Waals surface area contributed by atoms with Crippen LogP contribution in [0.4, 0.5) is 10.2 Å². The third-order valence-electron chi connectivity index (χ3n) is 6.23. The van der Waals surface area contributed by atoms with E-state index in [4.69, 9.17) is 11.6 Å². The quantitative estimate of drug-likeness (QED) is 0.699. The van der Waals surface area contributed by atoms with Gasteiger partial charge < -0.3 is 10.2 Å². The van der Waals surface area contributed by atoms with Crippen molar-refractivity contribution in [1.29, 1.82) is 0 Å². The molecule has 4 rings (SSSR count). The van der Waals surface area contributed by atoms with Gasteiger partial charge in [0.1, 0.15) is 11.6 Å². The van der Waals surface area contributed by atoms with Crippen LogP contribution in [-0.4, -0.2) is 40.8 Å². The van der Waals surface area contributed by atoms with Gasteiger partial charge in [-0.05, 0) is 73.4 Å². The molecule has 2 aliphatic rings. The molecule has 2 heterocycles. The van der Waals surface area contributed by atoms with Gasteiger partial charge in [-0.2, -0.15) is 0 Å². The van der Waals surface area contributed by atoms with Crippen LogP contribution in [0, 0.1) is 23.1 Å².